The number of rotatable bonds is 9. The lowest BCUT2D eigenvalue weighted by molar-refractivity contribution is 0.282. The van der Waals surface area contributed by atoms with E-state index in [1.165, 1.54) is 12.1 Å². The van der Waals surface area contributed by atoms with Crippen molar-refractivity contribution in [2.45, 2.75) is 19.6 Å². The fraction of sp³-hybridized carbons (Fsp3) is 0.217. The minimum absolute atomic E-state index is 0.218. The van der Waals surface area contributed by atoms with Crippen LogP contribution < -0.4 is 14.8 Å². The Morgan fingerprint density at radius 2 is 1.77 bits per heavy atom. The Morgan fingerprint density at radius 1 is 1.00 bits per heavy atom. The summed E-state index contributed by atoms with van der Waals surface area (Å²) in [6.45, 7) is 1.73. The highest BCUT2D eigenvalue weighted by atomic mass is 79.9. The van der Waals surface area contributed by atoms with Gasteiger partial charge < -0.3 is 14.8 Å². The van der Waals surface area contributed by atoms with Crippen molar-refractivity contribution in [3.63, 3.8) is 0 Å². The van der Waals surface area contributed by atoms with Crippen molar-refractivity contribution in [3.8, 4) is 11.5 Å². The molecule has 0 saturated carbocycles. The number of halogens is 4. The number of ether oxygens (including phenoxy) is 2. The average molecular weight is 513 g/mol. The van der Waals surface area contributed by atoms with E-state index in [9.17, 15) is 4.39 Å². The number of nitrogens with one attached hydrogen (secondary N) is 1. The SMILES string of the molecule is COc1cc(CNCCc2ccc(F)cc2)cc(Br)c1OCc1ccc(Cl)cc1Cl. The molecule has 0 bridgehead atoms. The molecule has 3 rings (SSSR count). The number of methoxy groups -OCH3 is 1. The van der Waals surface area contributed by atoms with Crippen molar-refractivity contribution in [2.24, 2.45) is 0 Å². The Labute approximate surface area is 194 Å². The van der Waals surface area contributed by atoms with Crippen molar-refractivity contribution in [3.05, 3.63) is 91.6 Å². The predicted molar refractivity (Wildman–Crippen MR) is 123 cm³/mol. The Balaban J connectivity index is 1.59. The molecule has 0 heterocycles. The van der Waals surface area contributed by atoms with Gasteiger partial charge >= 0.3 is 0 Å². The quantitative estimate of drug-likeness (QED) is 0.319. The molecule has 3 nitrogen and oxygen atoms in total. The smallest absolute Gasteiger partial charge is 0.175 e. The summed E-state index contributed by atoms with van der Waals surface area (Å²) in [6, 6.07) is 15.8. The topological polar surface area (TPSA) is 30.5 Å². The number of benzene rings is 3. The zero-order valence-electron chi connectivity index (χ0n) is 16.4. The first kappa shape index (κ1) is 22.9. The molecule has 0 aromatic heterocycles. The lowest BCUT2D eigenvalue weighted by Crippen LogP contribution is -2.16. The first-order valence-corrected chi connectivity index (χ1v) is 10.9. The summed E-state index contributed by atoms with van der Waals surface area (Å²) < 4.78 is 25.2. The first-order chi connectivity index (χ1) is 14.5. The lowest BCUT2D eigenvalue weighted by atomic mass is 10.1. The first-order valence-electron chi connectivity index (χ1n) is 9.34. The molecule has 3 aromatic rings. The number of hydrogen-bond donors (Lipinski definition) is 1. The largest absolute Gasteiger partial charge is 0.493 e. The van der Waals surface area contributed by atoms with E-state index in [1.807, 2.05) is 18.2 Å². The Bertz CT molecular complexity index is 999. The molecule has 158 valence electrons. The molecular formula is C23H21BrCl2FNO2. The van der Waals surface area contributed by atoms with Crippen molar-refractivity contribution in [1.82, 2.24) is 5.32 Å². The van der Waals surface area contributed by atoms with E-state index < -0.39 is 0 Å². The van der Waals surface area contributed by atoms with Gasteiger partial charge in [-0.05, 0) is 76.4 Å². The third kappa shape index (κ3) is 6.35. The highest BCUT2D eigenvalue weighted by Gasteiger charge is 2.13. The van der Waals surface area contributed by atoms with E-state index in [0.29, 0.717) is 34.7 Å². The van der Waals surface area contributed by atoms with Crippen LogP contribution in [-0.4, -0.2) is 13.7 Å². The van der Waals surface area contributed by atoms with Crippen molar-refractivity contribution in [2.75, 3.05) is 13.7 Å². The molecule has 0 atom stereocenters. The number of hydrogen-bond acceptors (Lipinski definition) is 3. The molecule has 7 heteroatoms. The van der Waals surface area contributed by atoms with E-state index in [1.54, 1.807) is 31.4 Å². The van der Waals surface area contributed by atoms with Gasteiger partial charge in [-0.25, -0.2) is 4.39 Å². The minimum atomic E-state index is -0.218. The summed E-state index contributed by atoms with van der Waals surface area (Å²) >= 11 is 15.7. The molecule has 0 saturated heterocycles. The van der Waals surface area contributed by atoms with Gasteiger partial charge in [0.2, 0.25) is 0 Å². The van der Waals surface area contributed by atoms with Crippen LogP contribution in [0.2, 0.25) is 10.0 Å². The van der Waals surface area contributed by atoms with E-state index in [-0.39, 0.29) is 5.82 Å². The van der Waals surface area contributed by atoms with Gasteiger partial charge in [-0.15, -0.1) is 0 Å². The predicted octanol–water partition coefficient (Wildman–Crippen LogP) is 6.81. The average Bonchev–Trinajstić information content (AvgIpc) is 2.72. The second kappa shape index (κ2) is 11.0. The molecule has 0 aliphatic carbocycles. The van der Waals surface area contributed by atoms with Gasteiger partial charge in [0.15, 0.2) is 11.5 Å². The Kier molecular flexibility index (Phi) is 8.40. The summed E-state index contributed by atoms with van der Waals surface area (Å²) in [4.78, 5) is 0. The molecule has 0 fully saturated rings. The molecule has 30 heavy (non-hydrogen) atoms. The molecule has 3 aromatic carbocycles. The van der Waals surface area contributed by atoms with E-state index >= 15 is 0 Å². The molecule has 0 unspecified atom stereocenters. The lowest BCUT2D eigenvalue weighted by Gasteiger charge is -2.15. The summed E-state index contributed by atoms with van der Waals surface area (Å²) in [5.41, 5.74) is 2.98. The maximum atomic E-state index is 13.0. The molecular weight excluding hydrogens is 492 g/mol. The van der Waals surface area contributed by atoms with Crippen LogP contribution in [0.5, 0.6) is 11.5 Å². The van der Waals surface area contributed by atoms with Crippen LogP contribution in [0.4, 0.5) is 4.39 Å². The van der Waals surface area contributed by atoms with E-state index in [4.69, 9.17) is 32.7 Å². The van der Waals surface area contributed by atoms with Gasteiger partial charge in [0, 0.05) is 22.2 Å². The van der Waals surface area contributed by atoms with Crippen LogP contribution in [0, 0.1) is 5.82 Å². The maximum absolute atomic E-state index is 13.0. The van der Waals surface area contributed by atoms with Gasteiger partial charge in [0.25, 0.3) is 0 Å². The normalized spacial score (nSPS) is 10.8. The Morgan fingerprint density at radius 3 is 2.47 bits per heavy atom. The van der Waals surface area contributed by atoms with Crippen LogP contribution >= 0.6 is 39.1 Å². The summed E-state index contributed by atoms with van der Waals surface area (Å²) in [7, 11) is 1.61. The van der Waals surface area contributed by atoms with Gasteiger partial charge in [-0.2, -0.15) is 0 Å². The zero-order chi connectivity index (χ0) is 21.5. The van der Waals surface area contributed by atoms with E-state index in [0.717, 1.165) is 34.1 Å². The van der Waals surface area contributed by atoms with Gasteiger partial charge in [0.05, 0.1) is 11.6 Å². The van der Waals surface area contributed by atoms with Crippen LogP contribution in [0.3, 0.4) is 0 Å². The van der Waals surface area contributed by atoms with Crippen LogP contribution in [0.1, 0.15) is 16.7 Å². The van der Waals surface area contributed by atoms with Crippen LogP contribution in [-0.2, 0) is 19.6 Å². The monoisotopic (exact) mass is 511 g/mol. The summed E-state index contributed by atoms with van der Waals surface area (Å²) in [5, 5.41) is 4.53. The second-order valence-corrected chi connectivity index (χ2v) is 8.38. The van der Waals surface area contributed by atoms with Crippen molar-refractivity contribution in [1.29, 1.82) is 0 Å². The van der Waals surface area contributed by atoms with Gasteiger partial charge in [0.1, 0.15) is 12.4 Å². The molecule has 0 aliphatic heterocycles. The summed E-state index contributed by atoms with van der Waals surface area (Å²) in [6.07, 6.45) is 0.821. The van der Waals surface area contributed by atoms with Crippen molar-refractivity contribution < 1.29 is 13.9 Å². The Hall–Kier alpha value is -1.79. The standard InChI is InChI=1S/C23H21BrCl2FNO2/c1-29-22-11-16(13-28-9-8-15-2-6-19(27)7-3-15)10-20(24)23(22)30-14-17-4-5-18(25)12-21(17)26/h2-7,10-12,28H,8-9,13-14H2,1H3. The molecule has 0 aliphatic rings. The van der Waals surface area contributed by atoms with Gasteiger partial charge in [-0.3, -0.25) is 0 Å². The third-order valence-electron chi connectivity index (χ3n) is 4.51. The van der Waals surface area contributed by atoms with Crippen LogP contribution in [0.15, 0.2) is 59.1 Å². The molecule has 0 radical (unpaired) electrons. The fourth-order valence-electron chi connectivity index (χ4n) is 2.92. The fourth-order valence-corrected chi connectivity index (χ4v) is 3.99. The van der Waals surface area contributed by atoms with Gasteiger partial charge in [-0.1, -0.05) is 41.4 Å². The minimum Gasteiger partial charge on any atom is -0.493 e. The molecule has 1 N–H and O–H groups in total. The molecule has 0 spiro atoms. The highest BCUT2D eigenvalue weighted by molar-refractivity contribution is 9.10. The highest BCUT2D eigenvalue weighted by Crippen LogP contribution is 2.37. The zero-order valence-corrected chi connectivity index (χ0v) is 19.5. The second-order valence-electron chi connectivity index (χ2n) is 6.69. The maximum Gasteiger partial charge on any atom is 0.175 e. The van der Waals surface area contributed by atoms with Crippen LogP contribution in [0.25, 0.3) is 0 Å². The van der Waals surface area contributed by atoms with E-state index in [2.05, 4.69) is 21.2 Å². The van der Waals surface area contributed by atoms with Crippen molar-refractivity contribution >= 4 is 39.1 Å². The summed E-state index contributed by atoms with van der Waals surface area (Å²) in [5.74, 6) is 1.02. The molecule has 0 amide bonds. The third-order valence-corrected chi connectivity index (χ3v) is 5.69.